The zero-order valence-corrected chi connectivity index (χ0v) is 11.2. The van der Waals surface area contributed by atoms with Gasteiger partial charge in [0.2, 0.25) is 17.2 Å². The molecule has 2 heterocycles. The number of hydrogen-bond donors (Lipinski definition) is 1. The minimum Gasteiger partial charge on any atom is -0.354 e. The maximum atomic E-state index is 5.91. The molecule has 2 rings (SSSR count). The van der Waals surface area contributed by atoms with E-state index in [0.717, 1.165) is 19.6 Å². The third-order valence-corrected chi connectivity index (χ3v) is 3.37. The van der Waals surface area contributed by atoms with Crippen LogP contribution in [0.15, 0.2) is 0 Å². The lowest BCUT2D eigenvalue weighted by atomic mass is 10.0. The summed E-state index contributed by atoms with van der Waals surface area (Å²) in [6.45, 7) is 9.22. The Kier molecular flexibility index (Phi) is 3.66. The predicted octanol–water partition coefficient (Wildman–Crippen LogP) is 2.05. The fourth-order valence-corrected chi connectivity index (χ4v) is 2.17. The minimum atomic E-state index is 0.248. The van der Waals surface area contributed by atoms with Crippen molar-refractivity contribution in [1.82, 2.24) is 15.0 Å². The maximum Gasteiger partial charge on any atom is 0.231 e. The monoisotopic (exact) mass is 255 g/mol. The number of nitrogens with one attached hydrogen (secondary N) is 1. The van der Waals surface area contributed by atoms with Crippen LogP contribution in [0.2, 0.25) is 5.28 Å². The summed E-state index contributed by atoms with van der Waals surface area (Å²) in [7, 11) is 0. The zero-order valence-electron chi connectivity index (χ0n) is 10.4. The molecule has 1 aromatic rings. The van der Waals surface area contributed by atoms with Crippen LogP contribution in [0.1, 0.15) is 20.8 Å². The third kappa shape index (κ3) is 2.77. The van der Waals surface area contributed by atoms with Gasteiger partial charge in [0.05, 0.1) is 0 Å². The lowest BCUT2D eigenvalue weighted by molar-refractivity contribution is 0.494. The Bertz CT molecular complexity index is 387. The Morgan fingerprint density at radius 3 is 2.47 bits per heavy atom. The lowest BCUT2D eigenvalue weighted by Crippen LogP contribution is -2.23. The van der Waals surface area contributed by atoms with Crippen molar-refractivity contribution < 1.29 is 0 Å². The van der Waals surface area contributed by atoms with E-state index in [9.17, 15) is 0 Å². The van der Waals surface area contributed by atoms with E-state index in [4.69, 9.17) is 11.6 Å². The first-order valence-corrected chi connectivity index (χ1v) is 6.38. The molecule has 1 aromatic heterocycles. The van der Waals surface area contributed by atoms with Crippen molar-refractivity contribution in [3.05, 3.63) is 5.28 Å². The quantitative estimate of drug-likeness (QED) is 0.896. The van der Waals surface area contributed by atoms with E-state index in [-0.39, 0.29) is 5.28 Å². The summed E-state index contributed by atoms with van der Waals surface area (Å²) in [6.07, 6.45) is 0. The second-order valence-electron chi connectivity index (χ2n) is 4.62. The minimum absolute atomic E-state index is 0.248. The smallest absolute Gasteiger partial charge is 0.231 e. The molecule has 1 aliphatic rings. The molecule has 1 saturated heterocycles. The highest BCUT2D eigenvalue weighted by Gasteiger charge is 2.28. The van der Waals surface area contributed by atoms with Gasteiger partial charge in [-0.1, -0.05) is 13.8 Å². The summed E-state index contributed by atoms with van der Waals surface area (Å²) < 4.78 is 0. The molecule has 2 atom stereocenters. The van der Waals surface area contributed by atoms with E-state index in [1.54, 1.807) is 0 Å². The van der Waals surface area contributed by atoms with E-state index in [1.807, 2.05) is 6.92 Å². The maximum absolute atomic E-state index is 5.91. The average Bonchev–Trinajstić information content (AvgIpc) is 2.59. The summed E-state index contributed by atoms with van der Waals surface area (Å²) in [5.41, 5.74) is 0. The van der Waals surface area contributed by atoms with E-state index >= 15 is 0 Å². The zero-order chi connectivity index (χ0) is 12.4. The Balaban J connectivity index is 2.20. The Labute approximate surface area is 107 Å². The second kappa shape index (κ2) is 5.04. The van der Waals surface area contributed by atoms with Gasteiger partial charge in [-0.05, 0) is 30.4 Å². The SMILES string of the molecule is CCNc1nc(Cl)nc(N2CC(C)C(C)C2)n1. The molecule has 6 heteroatoms. The molecular weight excluding hydrogens is 238 g/mol. The van der Waals surface area contributed by atoms with Gasteiger partial charge in [-0.2, -0.15) is 15.0 Å². The molecule has 0 amide bonds. The molecule has 0 bridgehead atoms. The van der Waals surface area contributed by atoms with E-state index < -0.39 is 0 Å². The summed E-state index contributed by atoms with van der Waals surface area (Å²) in [5.74, 6) is 2.55. The molecule has 17 heavy (non-hydrogen) atoms. The molecule has 0 radical (unpaired) electrons. The molecule has 1 fully saturated rings. The first kappa shape index (κ1) is 12.4. The van der Waals surface area contributed by atoms with Crippen molar-refractivity contribution >= 4 is 23.5 Å². The number of halogens is 1. The van der Waals surface area contributed by atoms with E-state index in [1.165, 1.54) is 0 Å². The fourth-order valence-electron chi connectivity index (χ4n) is 2.01. The van der Waals surface area contributed by atoms with Gasteiger partial charge >= 0.3 is 0 Å². The molecule has 1 N–H and O–H groups in total. The molecule has 0 saturated carbocycles. The molecule has 2 unspecified atom stereocenters. The molecule has 0 aliphatic carbocycles. The van der Waals surface area contributed by atoms with Crippen LogP contribution in [0, 0.1) is 11.8 Å². The Morgan fingerprint density at radius 1 is 1.24 bits per heavy atom. The number of nitrogens with zero attached hydrogens (tertiary/aromatic N) is 4. The van der Waals surface area contributed by atoms with Gasteiger partial charge in [-0.25, -0.2) is 0 Å². The van der Waals surface area contributed by atoms with Crippen LogP contribution in [-0.2, 0) is 0 Å². The summed E-state index contributed by atoms with van der Waals surface area (Å²) in [4.78, 5) is 14.8. The Hall–Kier alpha value is -1.10. The summed E-state index contributed by atoms with van der Waals surface area (Å²) in [6, 6.07) is 0. The predicted molar refractivity (Wildman–Crippen MR) is 69.5 cm³/mol. The first-order valence-electron chi connectivity index (χ1n) is 6.00. The standard InChI is InChI=1S/C11H18ClN5/c1-4-13-10-14-9(12)15-11(16-10)17-5-7(2)8(3)6-17/h7-8H,4-6H2,1-3H3,(H,13,14,15,16). The molecule has 94 valence electrons. The van der Waals surface area contributed by atoms with Crippen molar-refractivity contribution in [3.8, 4) is 0 Å². The first-order chi connectivity index (χ1) is 8.10. The molecule has 0 spiro atoms. The van der Waals surface area contributed by atoms with E-state index in [0.29, 0.717) is 23.7 Å². The van der Waals surface area contributed by atoms with Gasteiger partial charge in [0.25, 0.3) is 0 Å². The van der Waals surface area contributed by atoms with Gasteiger partial charge in [0, 0.05) is 19.6 Å². The third-order valence-electron chi connectivity index (χ3n) is 3.20. The van der Waals surface area contributed by atoms with Crippen LogP contribution in [-0.4, -0.2) is 34.6 Å². The van der Waals surface area contributed by atoms with Crippen molar-refractivity contribution in [2.24, 2.45) is 11.8 Å². The topological polar surface area (TPSA) is 53.9 Å². The van der Waals surface area contributed by atoms with Crippen molar-refractivity contribution in [2.75, 3.05) is 29.9 Å². The highest BCUT2D eigenvalue weighted by Crippen LogP contribution is 2.26. The summed E-state index contributed by atoms with van der Waals surface area (Å²) >= 11 is 5.91. The van der Waals surface area contributed by atoms with Gasteiger partial charge in [-0.3, -0.25) is 0 Å². The molecule has 1 aliphatic heterocycles. The van der Waals surface area contributed by atoms with Crippen LogP contribution in [0.4, 0.5) is 11.9 Å². The number of hydrogen-bond acceptors (Lipinski definition) is 5. The molecule has 0 aromatic carbocycles. The molecule has 5 nitrogen and oxygen atoms in total. The fraction of sp³-hybridized carbons (Fsp3) is 0.727. The van der Waals surface area contributed by atoms with Gasteiger partial charge in [0.15, 0.2) is 0 Å². The van der Waals surface area contributed by atoms with Crippen molar-refractivity contribution in [1.29, 1.82) is 0 Å². The number of anilines is 2. The van der Waals surface area contributed by atoms with Crippen LogP contribution >= 0.6 is 11.6 Å². The second-order valence-corrected chi connectivity index (χ2v) is 4.96. The van der Waals surface area contributed by atoms with E-state index in [2.05, 4.69) is 39.0 Å². The van der Waals surface area contributed by atoms with Gasteiger partial charge in [0.1, 0.15) is 0 Å². The highest BCUT2D eigenvalue weighted by molar-refractivity contribution is 6.28. The summed E-state index contributed by atoms with van der Waals surface area (Å²) in [5, 5.41) is 3.31. The van der Waals surface area contributed by atoms with Crippen LogP contribution in [0.5, 0.6) is 0 Å². The van der Waals surface area contributed by atoms with Crippen molar-refractivity contribution in [3.63, 3.8) is 0 Å². The van der Waals surface area contributed by atoms with Gasteiger partial charge in [-0.15, -0.1) is 0 Å². The van der Waals surface area contributed by atoms with Crippen LogP contribution in [0.25, 0.3) is 0 Å². The van der Waals surface area contributed by atoms with Crippen LogP contribution < -0.4 is 10.2 Å². The average molecular weight is 256 g/mol. The normalized spacial score (nSPS) is 24.1. The lowest BCUT2D eigenvalue weighted by Gasteiger charge is -2.16. The molecular formula is C11H18ClN5. The van der Waals surface area contributed by atoms with Crippen LogP contribution in [0.3, 0.4) is 0 Å². The number of rotatable bonds is 3. The highest BCUT2D eigenvalue weighted by atomic mass is 35.5. The van der Waals surface area contributed by atoms with Gasteiger partial charge < -0.3 is 10.2 Å². The largest absolute Gasteiger partial charge is 0.354 e. The number of aromatic nitrogens is 3. The van der Waals surface area contributed by atoms with Crippen molar-refractivity contribution in [2.45, 2.75) is 20.8 Å². The Morgan fingerprint density at radius 2 is 1.88 bits per heavy atom.